The van der Waals surface area contributed by atoms with Crippen LogP contribution < -0.4 is 0 Å². The third kappa shape index (κ3) is 2.39. The highest BCUT2D eigenvalue weighted by molar-refractivity contribution is 6.00. The molecule has 0 aliphatic carbocycles. The Bertz CT molecular complexity index is 683. The van der Waals surface area contributed by atoms with Gasteiger partial charge in [-0.3, -0.25) is 0 Å². The van der Waals surface area contributed by atoms with E-state index in [1.807, 2.05) is 44.2 Å². The number of aliphatic imine (C=N–C) groups is 1. The molecule has 0 saturated heterocycles. The normalized spacial score (nSPS) is 20.0. The third-order valence-electron chi connectivity index (χ3n) is 3.18. The van der Waals surface area contributed by atoms with Crippen molar-refractivity contribution in [3.8, 4) is 0 Å². The van der Waals surface area contributed by atoms with Gasteiger partial charge >= 0.3 is 0 Å². The van der Waals surface area contributed by atoms with Gasteiger partial charge in [-0.15, -0.1) is 0 Å². The zero-order valence-corrected chi connectivity index (χ0v) is 11.7. The molecule has 102 valence electrons. The van der Waals surface area contributed by atoms with Gasteiger partial charge in [0.1, 0.15) is 6.10 Å². The summed E-state index contributed by atoms with van der Waals surface area (Å²) in [6.45, 7) is 4.54. The molecule has 2 aromatic rings. The first-order chi connectivity index (χ1) is 9.78. The summed E-state index contributed by atoms with van der Waals surface area (Å²) in [5.41, 5.74) is 0.901. The molecule has 1 unspecified atom stereocenters. The Morgan fingerprint density at radius 1 is 1.15 bits per heavy atom. The lowest BCUT2D eigenvalue weighted by Gasteiger charge is -2.08. The Hall–Kier alpha value is -2.29. The summed E-state index contributed by atoms with van der Waals surface area (Å²) >= 11 is 0. The third-order valence-corrected chi connectivity index (χ3v) is 3.18. The fourth-order valence-electron chi connectivity index (χ4n) is 2.31. The van der Waals surface area contributed by atoms with Crippen LogP contribution in [-0.2, 0) is 9.47 Å². The summed E-state index contributed by atoms with van der Waals surface area (Å²) in [4.78, 5) is 4.64. The standard InChI is InChI=1S/C17H17NO2/c1-3-19-16-11-12(2)20-17(16)18-15-10-6-8-13-7-4-5-9-14(13)15/h4-12H,3H2,1-2H3. The number of benzene rings is 2. The predicted octanol–water partition coefficient (Wildman–Crippen LogP) is 4.21. The smallest absolute Gasteiger partial charge is 0.257 e. The van der Waals surface area contributed by atoms with Crippen molar-refractivity contribution in [1.82, 2.24) is 0 Å². The van der Waals surface area contributed by atoms with Gasteiger partial charge in [-0.2, -0.15) is 0 Å². The molecule has 0 fully saturated rings. The van der Waals surface area contributed by atoms with Crippen LogP contribution in [0.3, 0.4) is 0 Å². The van der Waals surface area contributed by atoms with Gasteiger partial charge in [-0.25, -0.2) is 4.99 Å². The Morgan fingerprint density at radius 3 is 2.80 bits per heavy atom. The van der Waals surface area contributed by atoms with E-state index in [1.54, 1.807) is 0 Å². The van der Waals surface area contributed by atoms with E-state index in [1.165, 1.54) is 5.39 Å². The van der Waals surface area contributed by atoms with Gasteiger partial charge in [-0.05, 0) is 25.3 Å². The monoisotopic (exact) mass is 267 g/mol. The number of ether oxygens (including phenoxy) is 2. The first-order valence-electron chi connectivity index (χ1n) is 6.86. The Kier molecular flexibility index (Phi) is 3.42. The molecule has 1 heterocycles. The summed E-state index contributed by atoms with van der Waals surface area (Å²) in [7, 11) is 0. The van der Waals surface area contributed by atoms with E-state index in [9.17, 15) is 0 Å². The lowest BCUT2D eigenvalue weighted by Crippen LogP contribution is -2.06. The van der Waals surface area contributed by atoms with E-state index in [0.717, 1.165) is 16.8 Å². The number of rotatable bonds is 3. The average molecular weight is 267 g/mol. The van der Waals surface area contributed by atoms with E-state index in [-0.39, 0.29) is 6.10 Å². The van der Waals surface area contributed by atoms with Crippen LogP contribution in [0.2, 0.25) is 0 Å². The van der Waals surface area contributed by atoms with E-state index in [0.29, 0.717) is 12.5 Å². The lowest BCUT2D eigenvalue weighted by atomic mass is 10.1. The molecule has 20 heavy (non-hydrogen) atoms. The highest BCUT2D eigenvalue weighted by Gasteiger charge is 2.22. The van der Waals surface area contributed by atoms with Gasteiger partial charge in [0.25, 0.3) is 5.90 Å². The van der Waals surface area contributed by atoms with Crippen LogP contribution in [0.4, 0.5) is 5.69 Å². The van der Waals surface area contributed by atoms with Gasteiger partial charge in [-0.1, -0.05) is 36.4 Å². The molecule has 0 saturated carbocycles. The molecule has 0 spiro atoms. The number of nitrogens with zero attached hydrogens (tertiary/aromatic N) is 1. The maximum absolute atomic E-state index is 5.71. The first kappa shape index (κ1) is 12.7. The lowest BCUT2D eigenvalue weighted by molar-refractivity contribution is 0.235. The molecule has 1 atom stereocenters. The minimum absolute atomic E-state index is 0.00489. The van der Waals surface area contributed by atoms with Gasteiger partial charge in [0.05, 0.1) is 12.3 Å². The Balaban J connectivity index is 2.04. The fourth-order valence-corrected chi connectivity index (χ4v) is 2.31. The highest BCUT2D eigenvalue weighted by atomic mass is 16.5. The maximum atomic E-state index is 5.71. The van der Waals surface area contributed by atoms with Gasteiger partial charge < -0.3 is 9.47 Å². The van der Waals surface area contributed by atoms with Crippen molar-refractivity contribution >= 4 is 22.4 Å². The van der Waals surface area contributed by atoms with Gasteiger partial charge in [0.15, 0.2) is 5.76 Å². The molecular weight excluding hydrogens is 250 g/mol. The minimum atomic E-state index is 0.00489. The van der Waals surface area contributed by atoms with Crippen LogP contribution >= 0.6 is 0 Å². The van der Waals surface area contributed by atoms with Crippen molar-refractivity contribution in [2.45, 2.75) is 20.0 Å². The summed E-state index contributed by atoms with van der Waals surface area (Å²) in [5.74, 6) is 1.30. The Labute approximate surface area is 118 Å². The van der Waals surface area contributed by atoms with E-state index in [2.05, 4.69) is 23.2 Å². The second-order valence-corrected chi connectivity index (χ2v) is 4.70. The molecule has 0 aromatic heterocycles. The SMILES string of the molecule is CCOC1=CC(C)OC1=Nc1cccc2ccccc12. The first-order valence-corrected chi connectivity index (χ1v) is 6.86. The fraction of sp³-hybridized carbons (Fsp3) is 0.235. The molecule has 0 amide bonds. The second kappa shape index (κ2) is 5.37. The quantitative estimate of drug-likeness (QED) is 0.834. The van der Waals surface area contributed by atoms with Crippen LogP contribution in [0.1, 0.15) is 13.8 Å². The molecule has 0 radical (unpaired) electrons. The minimum Gasteiger partial charge on any atom is -0.488 e. The van der Waals surface area contributed by atoms with Crippen molar-refractivity contribution < 1.29 is 9.47 Å². The van der Waals surface area contributed by atoms with Crippen molar-refractivity contribution in [2.75, 3.05) is 6.61 Å². The summed E-state index contributed by atoms with van der Waals surface area (Å²) in [6, 6.07) is 14.3. The summed E-state index contributed by atoms with van der Waals surface area (Å²) < 4.78 is 11.3. The maximum Gasteiger partial charge on any atom is 0.257 e. The van der Waals surface area contributed by atoms with Crippen LogP contribution in [0.5, 0.6) is 0 Å². The van der Waals surface area contributed by atoms with Crippen molar-refractivity contribution in [3.05, 3.63) is 54.3 Å². The Morgan fingerprint density at radius 2 is 1.95 bits per heavy atom. The number of fused-ring (bicyclic) bond motifs is 1. The average Bonchev–Trinajstić information content (AvgIpc) is 2.80. The zero-order valence-electron chi connectivity index (χ0n) is 11.7. The van der Waals surface area contributed by atoms with Crippen LogP contribution in [0.15, 0.2) is 59.3 Å². The largest absolute Gasteiger partial charge is 0.488 e. The van der Waals surface area contributed by atoms with Gasteiger partial charge in [0.2, 0.25) is 0 Å². The van der Waals surface area contributed by atoms with Crippen molar-refractivity contribution in [3.63, 3.8) is 0 Å². The molecule has 2 aromatic carbocycles. The van der Waals surface area contributed by atoms with Gasteiger partial charge in [0, 0.05) is 11.5 Å². The summed E-state index contributed by atoms with van der Waals surface area (Å²) in [5, 5.41) is 2.28. The topological polar surface area (TPSA) is 30.8 Å². The predicted molar refractivity (Wildman–Crippen MR) is 81.3 cm³/mol. The van der Waals surface area contributed by atoms with E-state index in [4.69, 9.17) is 9.47 Å². The zero-order chi connectivity index (χ0) is 13.9. The molecule has 1 aliphatic heterocycles. The molecule has 1 aliphatic rings. The number of hydrogen-bond acceptors (Lipinski definition) is 3. The van der Waals surface area contributed by atoms with Crippen LogP contribution in [0, 0.1) is 0 Å². The second-order valence-electron chi connectivity index (χ2n) is 4.70. The van der Waals surface area contributed by atoms with Crippen molar-refractivity contribution in [2.24, 2.45) is 4.99 Å². The van der Waals surface area contributed by atoms with E-state index >= 15 is 0 Å². The highest BCUT2D eigenvalue weighted by Crippen LogP contribution is 2.28. The van der Waals surface area contributed by atoms with Crippen molar-refractivity contribution in [1.29, 1.82) is 0 Å². The van der Waals surface area contributed by atoms with E-state index < -0.39 is 0 Å². The number of hydrogen-bond donors (Lipinski definition) is 0. The molecule has 3 heteroatoms. The van der Waals surface area contributed by atoms with Crippen LogP contribution in [-0.4, -0.2) is 18.6 Å². The molecular formula is C17H17NO2. The summed E-state index contributed by atoms with van der Waals surface area (Å²) in [6.07, 6.45) is 1.96. The molecule has 0 bridgehead atoms. The molecule has 3 nitrogen and oxygen atoms in total. The molecule has 3 rings (SSSR count). The molecule has 0 N–H and O–H groups in total. The van der Waals surface area contributed by atoms with Crippen LogP contribution in [0.25, 0.3) is 10.8 Å².